The second-order valence-corrected chi connectivity index (χ2v) is 7.25. The fourth-order valence-electron chi connectivity index (χ4n) is 2.43. The van der Waals surface area contributed by atoms with Crippen LogP contribution < -0.4 is 0 Å². The van der Waals surface area contributed by atoms with Crippen LogP contribution in [0, 0.1) is 11.3 Å². The molecule has 1 heterocycles. The highest BCUT2D eigenvalue weighted by Gasteiger charge is 2.38. The summed E-state index contributed by atoms with van der Waals surface area (Å²) >= 11 is 0. The van der Waals surface area contributed by atoms with Crippen molar-refractivity contribution in [2.24, 2.45) is 11.3 Å². The molecule has 0 aliphatic carbocycles. The Morgan fingerprint density at radius 2 is 1.78 bits per heavy atom. The molecule has 1 aliphatic rings. The van der Waals surface area contributed by atoms with Crippen LogP contribution in [0.25, 0.3) is 0 Å². The third-order valence-corrected chi connectivity index (χ3v) is 3.35. The fourth-order valence-corrected chi connectivity index (χ4v) is 2.43. The van der Waals surface area contributed by atoms with Gasteiger partial charge >= 0.3 is 6.09 Å². The van der Waals surface area contributed by atoms with Gasteiger partial charge in [-0.25, -0.2) is 4.79 Å². The lowest BCUT2D eigenvalue weighted by molar-refractivity contribution is -0.0376. The third kappa shape index (κ3) is 4.16. The van der Waals surface area contributed by atoms with E-state index in [0.717, 1.165) is 6.42 Å². The van der Waals surface area contributed by atoms with Crippen LogP contribution in [0.3, 0.4) is 0 Å². The number of aliphatic hydroxyl groups excluding tert-OH is 1. The Morgan fingerprint density at radius 3 is 2.17 bits per heavy atom. The lowest BCUT2D eigenvalue weighted by Crippen LogP contribution is -2.51. The number of aliphatic hydroxyl groups is 1. The van der Waals surface area contributed by atoms with Crippen LogP contribution >= 0.6 is 0 Å². The van der Waals surface area contributed by atoms with Gasteiger partial charge in [0.15, 0.2) is 0 Å². The number of likely N-dealkylation sites (tertiary alicyclic amines) is 1. The quantitative estimate of drug-likeness (QED) is 0.726. The van der Waals surface area contributed by atoms with Gasteiger partial charge in [0.25, 0.3) is 0 Å². The largest absolute Gasteiger partial charge is 0.444 e. The maximum Gasteiger partial charge on any atom is 0.410 e. The Kier molecular flexibility index (Phi) is 4.31. The van der Waals surface area contributed by atoms with Crippen molar-refractivity contribution >= 4 is 6.09 Å². The first kappa shape index (κ1) is 15.3. The Bertz CT molecular complexity index is 301. The van der Waals surface area contributed by atoms with Gasteiger partial charge in [0.05, 0.1) is 12.6 Å². The molecule has 1 aliphatic heterocycles. The molecule has 2 atom stereocenters. The van der Waals surface area contributed by atoms with Gasteiger partial charge in [0, 0.05) is 6.54 Å². The molecule has 1 unspecified atom stereocenters. The van der Waals surface area contributed by atoms with E-state index in [-0.39, 0.29) is 17.4 Å². The van der Waals surface area contributed by atoms with Gasteiger partial charge < -0.3 is 14.7 Å². The number of piperidine rings is 1. The second kappa shape index (κ2) is 5.08. The van der Waals surface area contributed by atoms with Crippen LogP contribution in [0.1, 0.15) is 48.0 Å². The van der Waals surface area contributed by atoms with E-state index in [9.17, 15) is 9.90 Å². The van der Waals surface area contributed by atoms with Crippen molar-refractivity contribution in [3.8, 4) is 0 Å². The predicted molar refractivity (Wildman–Crippen MR) is 71.4 cm³/mol. The molecule has 0 saturated carbocycles. The molecule has 4 nitrogen and oxygen atoms in total. The predicted octanol–water partition coefficient (Wildman–Crippen LogP) is 2.65. The Balaban J connectivity index is 2.59. The van der Waals surface area contributed by atoms with Crippen LogP contribution in [0.4, 0.5) is 4.79 Å². The van der Waals surface area contributed by atoms with Gasteiger partial charge in [0.1, 0.15) is 5.60 Å². The summed E-state index contributed by atoms with van der Waals surface area (Å²) in [5, 5.41) is 10.2. The molecule has 106 valence electrons. The number of nitrogens with zero attached hydrogens (tertiary/aromatic N) is 1. The van der Waals surface area contributed by atoms with Gasteiger partial charge in [-0.1, -0.05) is 20.8 Å². The van der Waals surface area contributed by atoms with Crippen LogP contribution in [-0.2, 0) is 4.74 Å². The number of amides is 1. The molecule has 1 fully saturated rings. The van der Waals surface area contributed by atoms with E-state index in [0.29, 0.717) is 13.1 Å². The molecule has 0 radical (unpaired) electrons. The first-order valence-electron chi connectivity index (χ1n) is 6.67. The van der Waals surface area contributed by atoms with Crippen molar-refractivity contribution in [2.75, 3.05) is 13.1 Å². The summed E-state index contributed by atoms with van der Waals surface area (Å²) in [7, 11) is 0. The zero-order valence-corrected chi connectivity index (χ0v) is 12.5. The smallest absolute Gasteiger partial charge is 0.410 e. The van der Waals surface area contributed by atoms with Crippen molar-refractivity contribution in [2.45, 2.75) is 59.7 Å². The number of rotatable bonds is 0. The first-order chi connectivity index (χ1) is 8.00. The molecule has 0 spiro atoms. The maximum absolute atomic E-state index is 11.9. The molecule has 0 bridgehead atoms. The lowest BCUT2D eigenvalue weighted by atomic mass is 9.74. The molecule has 1 N–H and O–H groups in total. The summed E-state index contributed by atoms with van der Waals surface area (Å²) < 4.78 is 5.32. The van der Waals surface area contributed by atoms with Crippen LogP contribution in [0.2, 0.25) is 0 Å². The number of ether oxygens (including phenoxy) is 1. The second-order valence-electron chi connectivity index (χ2n) is 7.25. The maximum atomic E-state index is 11.9. The van der Waals surface area contributed by atoms with E-state index in [1.807, 2.05) is 20.8 Å². The third-order valence-electron chi connectivity index (χ3n) is 3.35. The normalized spacial score (nSPS) is 26.1. The molecule has 1 amide bonds. The summed E-state index contributed by atoms with van der Waals surface area (Å²) in [5.41, 5.74) is -0.414. The van der Waals surface area contributed by atoms with Crippen molar-refractivity contribution in [1.29, 1.82) is 0 Å². The van der Waals surface area contributed by atoms with Crippen LogP contribution in [0.15, 0.2) is 0 Å². The summed E-state index contributed by atoms with van der Waals surface area (Å²) in [6.45, 7) is 13.0. The number of carbonyl (C=O) groups is 1. The highest BCUT2D eigenvalue weighted by atomic mass is 16.6. The van der Waals surface area contributed by atoms with Gasteiger partial charge in [-0.2, -0.15) is 0 Å². The monoisotopic (exact) mass is 257 g/mol. The first-order valence-corrected chi connectivity index (χ1v) is 6.67. The zero-order valence-electron chi connectivity index (χ0n) is 12.5. The topological polar surface area (TPSA) is 49.8 Å². The standard InChI is InChI=1S/C14H27NO3/c1-13(2,3)10-7-8-15(9-11(10)16)12(17)18-14(4,5)6/h10-11,16H,7-9H2,1-6H3/t10?,11-/m1/s1. The fraction of sp³-hybridized carbons (Fsp3) is 0.929. The van der Waals surface area contributed by atoms with Gasteiger partial charge in [-0.15, -0.1) is 0 Å². The molecule has 1 saturated heterocycles. The van der Waals surface area contributed by atoms with Crippen molar-refractivity contribution in [3.63, 3.8) is 0 Å². The SMILES string of the molecule is CC(C)(C)OC(=O)N1CCC(C(C)(C)C)[C@H](O)C1. The van der Waals surface area contributed by atoms with E-state index in [4.69, 9.17) is 4.74 Å². The molecule has 0 aromatic rings. The molecule has 0 aromatic carbocycles. The highest BCUT2D eigenvalue weighted by Crippen LogP contribution is 2.34. The Morgan fingerprint density at radius 1 is 1.22 bits per heavy atom. The number of carbonyl (C=O) groups excluding carboxylic acids is 1. The van der Waals surface area contributed by atoms with Crippen LogP contribution in [-0.4, -0.2) is 40.9 Å². The summed E-state index contributed by atoms with van der Waals surface area (Å²) in [6, 6.07) is 0. The zero-order chi connectivity index (χ0) is 14.1. The molecule has 4 heteroatoms. The molecule has 18 heavy (non-hydrogen) atoms. The van der Waals surface area contributed by atoms with E-state index in [1.54, 1.807) is 4.90 Å². The summed E-state index contributed by atoms with van der Waals surface area (Å²) in [6.07, 6.45) is 0.0318. The summed E-state index contributed by atoms with van der Waals surface area (Å²) in [4.78, 5) is 13.5. The van der Waals surface area contributed by atoms with Crippen molar-refractivity contribution in [3.05, 3.63) is 0 Å². The van der Waals surface area contributed by atoms with E-state index in [1.165, 1.54) is 0 Å². The molecular weight excluding hydrogens is 230 g/mol. The average Bonchev–Trinajstić information content (AvgIpc) is 2.12. The van der Waals surface area contributed by atoms with Gasteiger partial charge in [-0.05, 0) is 38.5 Å². The summed E-state index contributed by atoms with van der Waals surface area (Å²) in [5.74, 6) is 0.233. The lowest BCUT2D eigenvalue weighted by Gasteiger charge is -2.42. The van der Waals surface area contributed by atoms with Crippen LogP contribution in [0.5, 0.6) is 0 Å². The van der Waals surface area contributed by atoms with E-state index in [2.05, 4.69) is 20.8 Å². The molecule has 1 rings (SSSR count). The van der Waals surface area contributed by atoms with E-state index >= 15 is 0 Å². The minimum Gasteiger partial charge on any atom is -0.444 e. The Labute approximate surface area is 110 Å². The number of hydrogen-bond acceptors (Lipinski definition) is 3. The van der Waals surface area contributed by atoms with Crippen molar-refractivity contribution < 1.29 is 14.6 Å². The number of β-amino-alcohol motifs (C(OH)–C–C–N with tert-alkyl or cyclic N) is 1. The van der Waals surface area contributed by atoms with Gasteiger partial charge in [0.2, 0.25) is 0 Å². The Hall–Kier alpha value is -0.770. The van der Waals surface area contributed by atoms with E-state index < -0.39 is 11.7 Å². The minimum atomic E-state index is -0.483. The number of hydrogen-bond donors (Lipinski definition) is 1. The molecular formula is C14H27NO3. The van der Waals surface area contributed by atoms with Crippen molar-refractivity contribution in [1.82, 2.24) is 4.90 Å². The average molecular weight is 257 g/mol. The van der Waals surface area contributed by atoms with Gasteiger partial charge in [-0.3, -0.25) is 0 Å². The molecule has 0 aromatic heterocycles. The minimum absolute atomic E-state index is 0.0689. The highest BCUT2D eigenvalue weighted by molar-refractivity contribution is 5.68.